The zero-order valence-corrected chi connectivity index (χ0v) is 7.87. The van der Waals surface area contributed by atoms with E-state index in [-0.39, 0.29) is 6.42 Å². The molecule has 0 unspecified atom stereocenters. The van der Waals surface area contributed by atoms with Crippen molar-refractivity contribution in [3.63, 3.8) is 0 Å². The van der Waals surface area contributed by atoms with Crippen LogP contribution in [0.5, 0.6) is 0 Å². The van der Waals surface area contributed by atoms with Crippen LogP contribution in [0.15, 0.2) is 0 Å². The Kier molecular flexibility index (Phi) is 3.07. The molecule has 0 heterocycles. The monoisotopic (exact) mass is 216 g/mol. The zero-order chi connectivity index (χ0) is 11.0. The van der Waals surface area contributed by atoms with Crippen molar-refractivity contribution in [3.8, 4) is 0 Å². The Morgan fingerprint density at radius 3 is 2.21 bits per heavy atom. The summed E-state index contributed by atoms with van der Waals surface area (Å²) in [6, 6.07) is 0. The molecule has 0 saturated heterocycles. The van der Waals surface area contributed by atoms with Crippen molar-refractivity contribution in [2.24, 2.45) is 11.8 Å². The van der Waals surface area contributed by atoms with Gasteiger partial charge in [0.25, 0.3) is 0 Å². The largest absolute Gasteiger partial charge is 0.392 e. The maximum Gasteiger partial charge on any atom is 0.392 e. The quantitative estimate of drug-likeness (QED) is 0.581. The molecule has 1 aliphatic rings. The third-order valence-corrected chi connectivity index (χ3v) is 2.79. The molecule has 0 aromatic rings. The summed E-state index contributed by atoms with van der Waals surface area (Å²) in [6.07, 6.45) is -5.65. The number of rotatable bonds is 1. The van der Waals surface area contributed by atoms with Gasteiger partial charge in [-0.25, -0.2) is 8.78 Å². The molecule has 0 aromatic carbocycles. The first-order chi connectivity index (χ1) is 6.24. The summed E-state index contributed by atoms with van der Waals surface area (Å²) in [6.45, 7) is 1.65. The number of halogens is 5. The average molecular weight is 216 g/mol. The third-order valence-electron chi connectivity index (χ3n) is 2.79. The Morgan fingerprint density at radius 2 is 1.79 bits per heavy atom. The fourth-order valence-corrected chi connectivity index (χ4v) is 2.00. The highest BCUT2D eigenvalue weighted by molar-refractivity contribution is 4.86. The van der Waals surface area contributed by atoms with Gasteiger partial charge in [-0.15, -0.1) is 0 Å². The smallest absolute Gasteiger partial charge is 0.207 e. The van der Waals surface area contributed by atoms with Gasteiger partial charge in [-0.2, -0.15) is 13.2 Å². The molecule has 0 radical (unpaired) electrons. The predicted octanol–water partition coefficient (Wildman–Crippen LogP) is 4.01. The SMILES string of the molecule is CC[C@H]1C[C@@H](C(F)(F)F)CC(F)(F)C1. The van der Waals surface area contributed by atoms with Gasteiger partial charge in [0.15, 0.2) is 0 Å². The van der Waals surface area contributed by atoms with Crippen molar-refractivity contribution in [1.82, 2.24) is 0 Å². The van der Waals surface area contributed by atoms with Crippen molar-refractivity contribution in [2.75, 3.05) is 0 Å². The van der Waals surface area contributed by atoms with Gasteiger partial charge in [0, 0.05) is 12.8 Å². The summed E-state index contributed by atoms with van der Waals surface area (Å²) in [7, 11) is 0. The average Bonchev–Trinajstić information content (AvgIpc) is 1.99. The second-order valence-corrected chi connectivity index (χ2v) is 4.01. The zero-order valence-electron chi connectivity index (χ0n) is 7.87. The van der Waals surface area contributed by atoms with Gasteiger partial charge in [-0.1, -0.05) is 13.3 Å². The van der Waals surface area contributed by atoms with E-state index in [2.05, 4.69) is 0 Å². The summed E-state index contributed by atoms with van der Waals surface area (Å²) < 4.78 is 62.6. The number of alkyl halides is 5. The van der Waals surface area contributed by atoms with Gasteiger partial charge in [-0.05, 0) is 12.3 Å². The van der Waals surface area contributed by atoms with Gasteiger partial charge in [-0.3, -0.25) is 0 Å². The third kappa shape index (κ3) is 2.82. The Morgan fingerprint density at radius 1 is 1.21 bits per heavy atom. The van der Waals surface area contributed by atoms with E-state index in [1.54, 1.807) is 6.92 Å². The molecule has 5 heteroatoms. The Balaban J connectivity index is 2.71. The first kappa shape index (κ1) is 11.7. The molecule has 1 aliphatic carbocycles. The molecule has 84 valence electrons. The fourth-order valence-electron chi connectivity index (χ4n) is 2.00. The molecule has 1 rings (SSSR count). The van der Waals surface area contributed by atoms with E-state index in [4.69, 9.17) is 0 Å². The lowest BCUT2D eigenvalue weighted by molar-refractivity contribution is -0.214. The van der Waals surface area contributed by atoms with Crippen molar-refractivity contribution in [1.29, 1.82) is 0 Å². The highest BCUT2D eigenvalue weighted by atomic mass is 19.4. The lowest BCUT2D eigenvalue weighted by Crippen LogP contribution is -2.38. The van der Waals surface area contributed by atoms with Gasteiger partial charge in [0.1, 0.15) is 0 Å². The van der Waals surface area contributed by atoms with Crippen LogP contribution in [-0.4, -0.2) is 12.1 Å². The van der Waals surface area contributed by atoms with Crippen LogP contribution in [0.25, 0.3) is 0 Å². The molecular formula is C9H13F5. The summed E-state index contributed by atoms with van der Waals surface area (Å²) in [5, 5.41) is 0. The molecule has 1 fully saturated rings. The van der Waals surface area contributed by atoms with Gasteiger partial charge < -0.3 is 0 Å². The lowest BCUT2D eigenvalue weighted by Gasteiger charge is -2.35. The Bertz CT molecular complexity index is 196. The fraction of sp³-hybridized carbons (Fsp3) is 1.00. The molecule has 0 aromatic heterocycles. The van der Waals surface area contributed by atoms with Crippen LogP contribution < -0.4 is 0 Å². The van der Waals surface area contributed by atoms with Crippen LogP contribution in [0.4, 0.5) is 22.0 Å². The lowest BCUT2D eigenvalue weighted by atomic mass is 9.78. The Hall–Kier alpha value is -0.350. The van der Waals surface area contributed by atoms with E-state index in [0.717, 1.165) is 0 Å². The maximum absolute atomic E-state index is 12.9. The van der Waals surface area contributed by atoms with E-state index in [1.807, 2.05) is 0 Å². The van der Waals surface area contributed by atoms with Crippen molar-refractivity contribution >= 4 is 0 Å². The van der Waals surface area contributed by atoms with E-state index >= 15 is 0 Å². The molecule has 2 atom stereocenters. The second kappa shape index (κ2) is 3.66. The minimum absolute atomic E-state index is 0.143. The first-order valence-electron chi connectivity index (χ1n) is 4.69. The Labute approximate surface area is 79.5 Å². The second-order valence-electron chi connectivity index (χ2n) is 4.01. The summed E-state index contributed by atoms with van der Waals surface area (Å²) in [4.78, 5) is 0. The normalized spacial score (nSPS) is 33.0. The molecule has 0 bridgehead atoms. The molecule has 0 aliphatic heterocycles. The minimum Gasteiger partial charge on any atom is -0.207 e. The molecule has 14 heavy (non-hydrogen) atoms. The van der Waals surface area contributed by atoms with Crippen LogP contribution in [0.1, 0.15) is 32.6 Å². The van der Waals surface area contributed by atoms with Crippen LogP contribution >= 0.6 is 0 Å². The molecule has 0 amide bonds. The van der Waals surface area contributed by atoms with E-state index in [1.165, 1.54) is 0 Å². The molecule has 0 N–H and O–H groups in total. The van der Waals surface area contributed by atoms with Gasteiger partial charge in [0.05, 0.1) is 5.92 Å². The molecule has 1 saturated carbocycles. The highest BCUT2D eigenvalue weighted by Crippen LogP contribution is 2.47. The minimum atomic E-state index is -4.47. The highest BCUT2D eigenvalue weighted by Gasteiger charge is 2.50. The van der Waals surface area contributed by atoms with Crippen LogP contribution in [-0.2, 0) is 0 Å². The summed E-state index contributed by atoms with van der Waals surface area (Å²) >= 11 is 0. The van der Waals surface area contributed by atoms with Crippen molar-refractivity contribution < 1.29 is 22.0 Å². The van der Waals surface area contributed by atoms with Gasteiger partial charge in [0.2, 0.25) is 5.92 Å². The van der Waals surface area contributed by atoms with E-state index < -0.39 is 36.8 Å². The van der Waals surface area contributed by atoms with Crippen LogP contribution in [0, 0.1) is 11.8 Å². The van der Waals surface area contributed by atoms with Crippen LogP contribution in [0.3, 0.4) is 0 Å². The number of hydrogen-bond acceptors (Lipinski definition) is 0. The number of hydrogen-bond donors (Lipinski definition) is 0. The van der Waals surface area contributed by atoms with Gasteiger partial charge >= 0.3 is 6.18 Å². The topological polar surface area (TPSA) is 0 Å². The van der Waals surface area contributed by atoms with E-state index in [0.29, 0.717) is 6.42 Å². The predicted molar refractivity (Wildman–Crippen MR) is 42.1 cm³/mol. The standard InChI is InChI=1S/C9H13F5/c1-2-6-3-7(9(12,13)14)5-8(10,11)4-6/h6-7H,2-5H2,1H3/t6-,7+/m0/s1. The van der Waals surface area contributed by atoms with E-state index in [9.17, 15) is 22.0 Å². The molecule has 0 spiro atoms. The molecule has 0 nitrogen and oxygen atoms in total. The van der Waals surface area contributed by atoms with Crippen molar-refractivity contribution in [2.45, 2.75) is 44.7 Å². The summed E-state index contributed by atoms with van der Waals surface area (Å²) in [5.41, 5.74) is 0. The molecular weight excluding hydrogens is 203 g/mol. The van der Waals surface area contributed by atoms with Crippen LogP contribution in [0.2, 0.25) is 0 Å². The first-order valence-corrected chi connectivity index (χ1v) is 4.69. The van der Waals surface area contributed by atoms with Crippen molar-refractivity contribution in [3.05, 3.63) is 0 Å². The summed E-state index contributed by atoms with van der Waals surface area (Å²) in [5.74, 6) is -5.46. The maximum atomic E-state index is 12.9.